The van der Waals surface area contributed by atoms with Gasteiger partial charge >= 0.3 is 7.12 Å². The summed E-state index contributed by atoms with van der Waals surface area (Å²) < 4.78 is 26.6. The van der Waals surface area contributed by atoms with Gasteiger partial charge in [0.25, 0.3) is 0 Å². The van der Waals surface area contributed by atoms with Crippen molar-refractivity contribution in [2.45, 2.75) is 39.2 Å². The van der Waals surface area contributed by atoms with Gasteiger partial charge in [-0.3, -0.25) is 0 Å². The van der Waals surface area contributed by atoms with Gasteiger partial charge in [0.2, 0.25) is 10.0 Å². The summed E-state index contributed by atoms with van der Waals surface area (Å²) in [6.07, 6.45) is 4.09. The molecule has 7 heteroatoms. The van der Waals surface area contributed by atoms with Gasteiger partial charge < -0.3 is 10.0 Å². The van der Waals surface area contributed by atoms with Gasteiger partial charge in [0.15, 0.2) is 0 Å². The van der Waals surface area contributed by atoms with Crippen LogP contribution in [-0.4, -0.2) is 31.1 Å². The smallest absolute Gasteiger partial charge is 0.423 e. The topological polar surface area (TPSA) is 86.6 Å². The van der Waals surface area contributed by atoms with E-state index < -0.39 is 22.7 Å². The fraction of sp³-hybridized carbons (Fsp3) is 0.600. The fourth-order valence-electron chi connectivity index (χ4n) is 1.64. The van der Waals surface area contributed by atoms with Gasteiger partial charge in [0.05, 0.1) is 4.91 Å². The lowest BCUT2D eigenvalue weighted by atomic mass is 9.75. The van der Waals surface area contributed by atoms with Crippen molar-refractivity contribution >= 4 is 17.1 Å². The molecule has 0 radical (unpaired) electrons. The summed E-state index contributed by atoms with van der Waals surface area (Å²) in [5.41, 5.74) is -0.466. The molecule has 0 aromatic rings. The number of hydrogen-bond donors (Lipinski definition) is 3. The quantitative estimate of drug-likeness (QED) is 0.637. The first-order valence-electron chi connectivity index (χ1n) is 5.43. The summed E-state index contributed by atoms with van der Waals surface area (Å²) in [6.45, 7) is 5.19. The van der Waals surface area contributed by atoms with Gasteiger partial charge in [-0.2, -0.15) is 0 Å². The van der Waals surface area contributed by atoms with Gasteiger partial charge in [-0.05, 0) is 45.2 Å². The molecule has 0 spiro atoms. The van der Waals surface area contributed by atoms with E-state index in [0.29, 0.717) is 12.8 Å². The second-order valence-electron chi connectivity index (χ2n) is 5.06. The third kappa shape index (κ3) is 3.95. The van der Waals surface area contributed by atoms with Crippen molar-refractivity contribution in [2.24, 2.45) is 0 Å². The fourth-order valence-corrected chi connectivity index (χ4v) is 3.38. The third-order valence-electron chi connectivity index (χ3n) is 2.21. The Balaban J connectivity index is 3.16. The van der Waals surface area contributed by atoms with E-state index in [0.717, 1.165) is 0 Å². The number of sulfonamides is 1. The van der Waals surface area contributed by atoms with Crippen molar-refractivity contribution < 1.29 is 18.5 Å². The van der Waals surface area contributed by atoms with Crippen LogP contribution in [-0.2, 0) is 10.0 Å². The largest absolute Gasteiger partial charge is 0.485 e. The Kier molecular flexibility index (Phi) is 4.19. The molecule has 3 N–H and O–H groups in total. The summed E-state index contributed by atoms with van der Waals surface area (Å²) >= 11 is 0. The van der Waals surface area contributed by atoms with Crippen LogP contribution in [0, 0.1) is 0 Å². The van der Waals surface area contributed by atoms with Gasteiger partial charge in [0, 0.05) is 5.54 Å². The molecule has 1 aliphatic carbocycles. The van der Waals surface area contributed by atoms with Crippen molar-refractivity contribution in [1.82, 2.24) is 4.72 Å². The van der Waals surface area contributed by atoms with E-state index >= 15 is 0 Å². The highest BCUT2D eigenvalue weighted by atomic mass is 32.2. The molecule has 0 atom stereocenters. The Morgan fingerprint density at radius 2 is 1.94 bits per heavy atom. The van der Waals surface area contributed by atoms with Crippen LogP contribution in [0.4, 0.5) is 0 Å². The molecule has 0 amide bonds. The van der Waals surface area contributed by atoms with Gasteiger partial charge in [-0.25, -0.2) is 13.1 Å². The first-order chi connectivity index (χ1) is 7.63. The maximum Gasteiger partial charge on any atom is 0.485 e. The zero-order chi connectivity index (χ0) is 13.3. The van der Waals surface area contributed by atoms with E-state index in [1.807, 2.05) is 0 Å². The van der Waals surface area contributed by atoms with Crippen molar-refractivity contribution in [3.8, 4) is 0 Å². The Morgan fingerprint density at radius 3 is 2.41 bits per heavy atom. The van der Waals surface area contributed by atoms with Crippen molar-refractivity contribution in [2.75, 3.05) is 0 Å². The van der Waals surface area contributed by atoms with Crippen molar-refractivity contribution in [1.29, 1.82) is 0 Å². The molecule has 96 valence electrons. The molecule has 0 aliphatic heterocycles. The van der Waals surface area contributed by atoms with Crippen LogP contribution in [0.5, 0.6) is 0 Å². The van der Waals surface area contributed by atoms with Gasteiger partial charge in [0.1, 0.15) is 0 Å². The lowest BCUT2D eigenvalue weighted by molar-refractivity contribution is 0.415. The highest BCUT2D eigenvalue weighted by Crippen LogP contribution is 2.24. The van der Waals surface area contributed by atoms with Crippen LogP contribution in [0.25, 0.3) is 0 Å². The Labute approximate surface area is 102 Å². The second-order valence-corrected chi connectivity index (χ2v) is 6.71. The van der Waals surface area contributed by atoms with Crippen LogP contribution in [0.1, 0.15) is 33.6 Å². The number of allylic oxidation sites excluding steroid dienone is 3. The molecule has 0 saturated carbocycles. The number of rotatable bonds is 3. The van der Waals surface area contributed by atoms with E-state index in [-0.39, 0.29) is 10.4 Å². The average molecular weight is 259 g/mol. The number of hydrogen-bond acceptors (Lipinski definition) is 4. The summed E-state index contributed by atoms with van der Waals surface area (Å²) in [5, 5.41) is 18.4. The predicted octanol–water partition coefficient (Wildman–Crippen LogP) is 0.320. The minimum atomic E-state index is -3.71. The van der Waals surface area contributed by atoms with Crippen LogP contribution >= 0.6 is 0 Å². The summed E-state index contributed by atoms with van der Waals surface area (Å²) in [6, 6.07) is 0. The first kappa shape index (κ1) is 14.4. The lowest BCUT2D eigenvalue weighted by Crippen LogP contribution is -2.41. The van der Waals surface area contributed by atoms with E-state index in [1.165, 1.54) is 6.08 Å². The van der Waals surface area contributed by atoms with Crippen LogP contribution in [0.15, 0.2) is 22.5 Å². The zero-order valence-corrected chi connectivity index (χ0v) is 11.1. The van der Waals surface area contributed by atoms with Gasteiger partial charge in [-0.1, -0.05) is 6.08 Å². The van der Waals surface area contributed by atoms with E-state index in [1.54, 1.807) is 26.8 Å². The molecule has 1 rings (SSSR count). The van der Waals surface area contributed by atoms with Gasteiger partial charge in [-0.15, -0.1) is 0 Å². The van der Waals surface area contributed by atoms with Crippen LogP contribution in [0.2, 0.25) is 0 Å². The summed E-state index contributed by atoms with van der Waals surface area (Å²) in [5.74, 6) is 0. The summed E-state index contributed by atoms with van der Waals surface area (Å²) in [7, 11) is -5.44. The molecular formula is C10H18BNO4S. The van der Waals surface area contributed by atoms with Crippen molar-refractivity contribution in [3.05, 3.63) is 22.5 Å². The van der Waals surface area contributed by atoms with Crippen molar-refractivity contribution in [3.63, 3.8) is 0 Å². The monoisotopic (exact) mass is 259 g/mol. The SMILES string of the molecule is CC(C)(C)NS(=O)(=O)C1=C(B(O)O)CCC=C1. The Hall–Kier alpha value is -0.625. The molecule has 17 heavy (non-hydrogen) atoms. The highest BCUT2D eigenvalue weighted by Gasteiger charge is 2.30. The highest BCUT2D eigenvalue weighted by molar-refractivity contribution is 7.93. The lowest BCUT2D eigenvalue weighted by Gasteiger charge is -2.23. The molecule has 0 aromatic heterocycles. The Morgan fingerprint density at radius 1 is 1.35 bits per heavy atom. The first-order valence-corrected chi connectivity index (χ1v) is 6.91. The molecule has 0 bridgehead atoms. The second kappa shape index (κ2) is 4.93. The average Bonchev–Trinajstić information content (AvgIpc) is 2.14. The molecule has 0 aromatic carbocycles. The van der Waals surface area contributed by atoms with E-state index in [9.17, 15) is 18.5 Å². The van der Waals surface area contributed by atoms with Crippen LogP contribution in [0.3, 0.4) is 0 Å². The minimum absolute atomic E-state index is 0.0336. The van der Waals surface area contributed by atoms with Crippen LogP contribution < -0.4 is 4.72 Å². The van der Waals surface area contributed by atoms with E-state index in [4.69, 9.17) is 0 Å². The maximum atomic E-state index is 12.1. The molecular weight excluding hydrogens is 241 g/mol. The molecule has 5 nitrogen and oxygen atoms in total. The molecule has 1 aliphatic rings. The Bertz CT molecular complexity index is 445. The molecule has 0 heterocycles. The predicted molar refractivity (Wildman–Crippen MR) is 67.4 cm³/mol. The molecule has 0 unspecified atom stereocenters. The summed E-state index contributed by atoms with van der Waals surface area (Å²) in [4.78, 5) is -0.0336. The normalized spacial score (nSPS) is 17.5. The number of nitrogens with one attached hydrogen (secondary N) is 1. The minimum Gasteiger partial charge on any atom is -0.423 e. The zero-order valence-electron chi connectivity index (χ0n) is 10.3. The molecule has 0 saturated heterocycles. The maximum absolute atomic E-state index is 12.1. The standard InChI is InChI=1S/C10H18BNO4S/c1-10(2,3)12-17(15,16)9-7-5-4-6-8(9)11(13)14/h5,7,12-14H,4,6H2,1-3H3. The molecule has 0 fully saturated rings. The van der Waals surface area contributed by atoms with E-state index in [2.05, 4.69) is 4.72 Å². The third-order valence-corrected chi connectivity index (χ3v) is 4.07.